The maximum Gasteiger partial charge on any atom is 0.223 e. The number of amides is 1. The number of hydrogen-bond donors (Lipinski definition) is 2. The zero-order valence-electron chi connectivity index (χ0n) is 13.2. The van der Waals surface area contributed by atoms with Crippen LogP contribution < -0.4 is 11.1 Å². The van der Waals surface area contributed by atoms with Crippen LogP contribution in [0.4, 0.5) is 0 Å². The van der Waals surface area contributed by atoms with Gasteiger partial charge in [-0.1, -0.05) is 32.0 Å². The highest BCUT2D eigenvalue weighted by Gasteiger charge is 2.23. The molecule has 1 amide bonds. The van der Waals surface area contributed by atoms with E-state index in [9.17, 15) is 4.79 Å². The van der Waals surface area contributed by atoms with Gasteiger partial charge in [-0.3, -0.25) is 4.79 Å². The third-order valence-electron chi connectivity index (χ3n) is 4.10. The fourth-order valence-corrected chi connectivity index (χ4v) is 2.81. The molecule has 0 heterocycles. The number of ether oxygens (including phenoxy) is 1. The van der Waals surface area contributed by atoms with Gasteiger partial charge < -0.3 is 15.8 Å². The Morgan fingerprint density at radius 1 is 1.48 bits per heavy atom. The first-order chi connectivity index (χ1) is 10.0. The Morgan fingerprint density at radius 2 is 2.24 bits per heavy atom. The van der Waals surface area contributed by atoms with Gasteiger partial charge in [0, 0.05) is 13.0 Å². The molecule has 1 aliphatic carbocycles. The van der Waals surface area contributed by atoms with Gasteiger partial charge in [-0.05, 0) is 36.0 Å². The van der Waals surface area contributed by atoms with Crippen LogP contribution in [-0.2, 0) is 16.0 Å². The third-order valence-corrected chi connectivity index (χ3v) is 4.10. The quantitative estimate of drug-likeness (QED) is 0.875. The molecule has 1 aromatic rings. The molecule has 4 heteroatoms. The number of fused-ring (bicyclic) bond motifs is 1. The van der Waals surface area contributed by atoms with Gasteiger partial charge in [0.2, 0.25) is 5.91 Å². The second kappa shape index (κ2) is 7.05. The molecule has 0 radical (unpaired) electrons. The van der Waals surface area contributed by atoms with Gasteiger partial charge in [0.15, 0.2) is 0 Å². The van der Waals surface area contributed by atoms with Crippen LogP contribution in [0.5, 0.6) is 0 Å². The summed E-state index contributed by atoms with van der Waals surface area (Å²) in [5, 5.41) is 3.16. The van der Waals surface area contributed by atoms with Crippen molar-refractivity contribution in [2.24, 2.45) is 11.7 Å². The maximum absolute atomic E-state index is 12.0. The van der Waals surface area contributed by atoms with Crippen LogP contribution in [-0.4, -0.2) is 19.6 Å². The summed E-state index contributed by atoms with van der Waals surface area (Å²) in [4.78, 5) is 12.0. The summed E-state index contributed by atoms with van der Waals surface area (Å²) < 4.78 is 5.13. The van der Waals surface area contributed by atoms with E-state index in [1.54, 1.807) is 7.11 Å². The number of nitrogens with one attached hydrogen (secondary N) is 1. The minimum Gasteiger partial charge on any atom is -0.383 e. The lowest BCUT2D eigenvalue weighted by atomic mass is 9.85. The van der Waals surface area contributed by atoms with Crippen LogP contribution in [0.2, 0.25) is 0 Å². The standard InChI is InChI=1S/C17H26N2O2/c1-11(2)17(20)19-16-6-4-5-12-7-8-13(9-14(12)16)15(18)10-21-3/h7-9,11,15-16H,4-6,10,18H2,1-3H3,(H,19,20). The molecule has 0 saturated carbocycles. The summed E-state index contributed by atoms with van der Waals surface area (Å²) in [7, 11) is 1.66. The highest BCUT2D eigenvalue weighted by atomic mass is 16.5. The summed E-state index contributed by atoms with van der Waals surface area (Å²) in [6, 6.07) is 6.36. The number of methoxy groups -OCH3 is 1. The van der Waals surface area contributed by atoms with E-state index in [1.807, 2.05) is 13.8 Å². The topological polar surface area (TPSA) is 64.3 Å². The van der Waals surface area contributed by atoms with E-state index in [1.165, 1.54) is 11.1 Å². The van der Waals surface area contributed by atoms with Crippen molar-refractivity contribution in [2.45, 2.75) is 45.2 Å². The maximum atomic E-state index is 12.0. The van der Waals surface area contributed by atoms with E-state index in [4.69, 9.17) is 10.5 Å². The highest BCUT2D eigenvalue weighted by molar-refractivity contribution is 5.78. The van der Waals surface area contributed by atoms with Crippen molar-refractivity contribution < 1.29 is 9.53 Å². The first-order valence-electron chi connectivity index (χ1n) is 7.70. The van der Waals surface area contributed by atoms with E-state index in [-0.39, 0.29) is 23.9 Å². The zero-order chi connectivity index (χ0) is 15.4. The Morgan fingerprint density at radius 3 is 2.90 bits per heavy atom. The monoisotopic (exact) mass is 290 g/mol. The van der Waals surface area contributed by atoms with E-state index in [2.05, 4.69) is 23.5 Å². The Labute approximate surface area is 127 Å². The molecule has 0 bridgehead atoms. The first kappa shape index (κ1) is 16.0. The summed E-state index contributed by atoms with van der Waals surface area (Å²) >= 11 is 0. The number of nitrogens with two attached hydrogens (primary N) is 1. The van der Waals surface area contributed by atoms with Crippen LogP contribution >= 0.6 is 0 Å². The summed E-state index contributed by atoms with van der Waals surface area (Å²) in [6.45, 7) is 4.34. The fourth-order valence-electron chi connectivity index (χ4n) is 2.81. The zero-order valence-corrected chi connectivity index (χ0v) is 13.2. The van der Waals surface area contributed by atoms with Crippen molar-refractivity contribution in [3.8, 4) is 0 Å². The van der Waals surface area contributed by atoms with E-state index < -0.39 is 0 Å². The number of hydrogen-bond acceptors (Lipinski definition) is 3. The molecule has 2 unspecified atom stereocenters. The van der Waals surface area contributed by atoms with Crippen molar-refractivity contribution >= 4 is 5.91 Å². The molecule has 0 saturated heterocycles. The number of benzene rings is 1. The minimum atomic E-state index is -0.122. The molecule has 21 heavy (non-hydrogen) atoms. The number of carbonyl (C=O) groups is 1. The van der Waals surface area contributed by atoms with Crippen LogP contribution in [0.1, 0.15) is 55.5 Å². The van der Waals surface area contributed by atoms with E-state index in [0.29, 0.717) is 6.61 Å². The molecule has 0 fully saturated rings. The van der Waals surface area contributed by atoms with Gasteiger partial charge >= 0.3 is 0 Å². The molecule has 3 N–H and O–H groups in total. The Bertz CT molecular complexity index is 500. The van der Waals surface area contributed by atoms with Crippen molar-refractivity contribution in [1.82, 2.24) is 5.32 Å². The summed E-state index contributed by atoms with van der Waals surface area (Å²) in [6.07, 6.45) is 3.18. The van der Waals surface area contributed by atoms with Crippen LogP contribution in [0.3, 0.4) is 0 Å². The van der Waals surface area contributed by atoms with Gasteiger partial charge in [-0.15, -0.1) is 0 Å². The largest absolute Gasteiger partial charge is 0.383 e. The lowest BCUT2D eigenvalue weighted by molar-refractivity contribution is -0.124. The van der Waals surface area contributed by atoms with Crippen molar-refractivity contribution in [3.63, 3.8) is 0 Å². The lowest BCUT2D eigenvalue weighted by Crippen LogP contribution is -2.34. The minimum absolute atomic E-state index is 0.00862. The smallest absolute Gasteiger partial charge is 0.223 e. The van der Waals surface area contributed by atoms with Crippen LogP contribution in [0, 0.1) is 5.92 Å². The second-order valence-electron chi connectivity index (χ2n) is 6.13. The average molecular weight is 290 g/mol. The molecule has 4 nitrogen and oxygen atoms in total. The predicted octanol–water partition coefficient (Wildman–Crippen LogP) is 2.48. The van der Waals surface area contributed by atoms with Gasteiger partial charge in [0.1, 0.15) is 0 Å². The highest BCUT2D eigenvalue weighted by Crippen LogP contribution is 2.31. The second-order valence-corrected chi connectivity index (χ2v) is 6.13. The SMILES string of the molecule is COCC(N)c1ccc2c(c1)C(NC(=O)C(C)C)CCC2. The predicted molar refractivity (Wildman–Crippen MR) is 83.9 cm³/mol. The number of rotatable bonds is 5. The van der Waals surface area contributed by atoms with Gasteiger partial charge in [-0.2, -0.15) is 0 Å². The van der Waals surface area contributed by atoms with E-state index >= 15 is 0 Å². The normalized spacial score (nSPS) is 19.2. The fraction of sp³-hybridized carbons (Fsp3) is 0.588. The van der Waals surface area contributed by atoms with Crippen molar-refractivity contribution in [1.29, 1.82) is 0 Å². The molecule has 116 valence electrons. The third kappa shape index (κ3) is 3.83. The molecule has 1 aliphatic rings. The summed E-state index contributed by atoms with van der Waals surface area (Å²) in [5.74, 6) is 0.119. The average Bonchev–Trinajstić information content (AvgIpc) is 2.47. The number of aryl methyl sites for hydroxylation is 1. The molecule has 0 aromatic heterocycles. The van der Waals surface area contributed by atoms with E-state index in [0.717, 1.165) is 24.8 Å². The molecule has 1 aromatic carbocycles. The first-order valence-corrected chi connectivity index (χ1v) is 7.70. The Balaban J connectivity index is 2.23. The lowest BCUT2D eigenvalue weighted by Gasteiger charge is -2.28. The van der Waals surface area contributed by atoms with Crippen LogP contribution in [0.25, 0.3) is 0 Å². The van der Waals surface area contributed by atoms with Crippen molar-refractivity contribution in [2.75, 3.05) is 13.7 Å². The molecule has 2 atom stereocenters. The molecule has 0 aliphatic heterocycles. The molecule has 2 rings (SSSR count). The van der Waals surface area contributed by atoms with Crippen molar-refractivity contribution in [3.05, 3.63) is 34.9 Å². The van der Waals surface area contributed by atoms with Gasteiger partial charge in [-0.25, -0.2) is 0 Å². The molecular weight excluding hydrogens is 264 g/mol. The molecular formula is C17H26N2O2. The molecule has 0 spiro atoms. The Hall–Kier alpha value is -1.39. The van der Waals surface area contributed by atoms with Crippen LogP contribution in [0.15, 0.2) is 18.2 Å². The van der Waals surface area contributed by atoms with Gasteiger partial charge in [0.05, 0.1) is 18.7 Å². The Kier molecular flexibility index (Phi) is 5.37. The number of carbonyl (C=O) groups excluding carboxylic acids is 1. The summed E-state index contributed by atoms with van der Waals surface area (Å²) in [5.41, 5.74) is 9.74. The van der Waals surface area contributed by atoms with Gasteiger partial charge in [0.25, 0.3) is 0 Å².